The molecule has 5 nitrogen and oxygen atoms in total. The van der Waals surface area contributed by atoms with Gasteiger partial charge in [-0.05, 0) is 108 Å². The van der Waals surface area contributed by atoms with Crippen molar-refractivity contribution in [2.24, 2.45) is 28.6 Å². The van der Waals surface area contributed by atoms with Gasteiger partial charge >= 0.3 is 0 Å². The van der Waals surface area contributed by atoms with Gasteiger partial charge in [-0.1, -0.05) is 13.8 Å². The molecule has 0 unspecified atom stereocenters. The molecule has 0 heterocycles. The van der Waals surface area contributed by atoms with E-state index in [1.807, 2.05) is 0 Å². The summed E-state index contributed by atoms with van der Waals surface area (Å²) in [6.45, 7) is 6.62. The monoisotopic (exact) mass is 422 g/mol. The second-order valence-electron chi connectivity index (χ2n) is 11.9. The Morgan fingerprint density at radius 2 is 1.70 bits per heavy atom. The summed E-state index contributed by atoms with van der Waals surface area (Å²) < 4.78 is 0. The van der Waals surface area contributed by atoms with Crippen LogP contribution in [0.15, 0.2) is 0 Å². The fourth-order valence-electron chi connectivity index (χ4n) is 8.44. The number of aliphatic hydroxyl groups is 2. The van der Waals surface area contributed by atoms with Crippen molar-refractivity contribution in [3.8, 4) is 0 Å². The predicted molar refractivity (Wildman–Crippen MR) is 120 cm³/mol. The van der Waals surface area contributed by atoms with Gasteiger partial charge in [-0.2, -0.15) is 5.06 Å². The normalized spacial score (nSPS) is 48.5. The summed E-state index contributed by atoms with van der Waals surface area (Å²) in [4.78, 5) is 8.35. The Bertz CT molecular complexity index is 615. The van der Waals surface area contributed by atoms with Gasteiger partial charge in [-0.15, -0.1) is 0 Å². The molecule has 8 atom stereocenters. The van der Waals surface area contributed by atoms with E-state index in [2.05, 4.69) is 45.0 Å². The molecule has 0 aromatic carbocycles. The van der Waals surface area contributed by atoms with E-state index in [1.54, 1.807) is 0 Å². The standard InChI is InChI=1S/C25H46N2O3/c1-23-12-9-19(28)17-18(23)7-8-21-20(23)10-13-24(2)22(11-14-25(21,24)29)27(5)30-16-6-15-26(3)4/h18-22,28-29H,6-17H2,1-5H3/t18-,19+,20+,21-,22+,23+,24-,25+/m1/s1. The van der Waals surface area contributed by atoms with Crippen LogP contribution in [-0.4, -0.2) is 72.2 Å². The van der Waals surface area contributed by atoms with Crippen LogP contribution < -0.4 is 0 Å². The third-order valence-electron chi connectivity index (χ3n) is 10.3. The lowest BCUT2D eigenvalue weighted by Gasteiger charge is -2.63. The highest BCUT2D eigenvalue weighted by molar-refractivity contribution is 5.18. The summed E-state index contributed by atoms with van der Waals surface area (Å²) in [6, 6.07) is 0.293. The molecule has 174 valence electrons. The van der Waals surface area contributed by atoms with Gasteiger partial charge in [0, 0.05) is 18.5 Å². The van der Waals surface area contributed by atoms with Crippen LogP contribution in [0.5, 0.6) is 0 Å². The fourth-order valence-corrected chi connectivity index (χ4v) is 8.44. The van der Waals surface area contributed by atoms with Crippen LogP contribution in [0.3, 0.4) is 0 Å². The van der Waals surface area contributed by atoms with Crippen molar-refractivity contribution in [1.82, 2.24) is 9.96 Å². The first kappa shape index (κ1) is 23.0. The fraction of sp³-hybridized carbons (Fsp3) is 1.00. The van der Waals surface area contributed by atoms with E-state index >= 15 is 0 Å². The molecule has 4 aliphatic rings. The third-order valence-corrected chi connectivity index (χ3v) is 10.3. The first-order chi connectivity index (χ1) is 14.1. The lowest BCUT2D eigenvalue weighted by molar-refractivity contribution is -0.244. The van der Waals surface area contributed by atoms with Crippen molar-refractivity contribution in [3.05, 3.63) is 0 Å². The van der Waals surface area contributed by atoms with Gasteiger partial charge in [0.05, 0.1) is 18.3 Å². The van der Waals surface area contributed by atoms with Gasteiger partial charge in [-0.25, -0.2) is 0 Å². The SMILES string of the molecule is CN(C)CCCON(C)[C@H]1CC[C@]2(O)[C@@H]3CC[C@@H]4C[C@@H](O)CC[C@]4(C)[C@H]3CC[C@]12C. The Kier molecular flexibility index (Phi) is 6.35. The Hall–Kier alpha value is -0.200. The highest BCUT2D eigenvalue weighted by Gasteiger charge is 2.67. The Labute approximate surface area is 184 Å². The van der Waals surface area contributed by atoms with Crippen molar-refractivity contribution in [3.63, 3.8) is 0 Å². The van der Waals surface area contributed by atoms with Gasteiger partial charge < -0.3 is 15.1 Å². The minimum Gasteiger partial charge on any atom is -0.393 e. The molecular formula is C25H46N2O3. The van der Waals surface area contributed by atoms with Crippen LogP contribution in [0, 0.1) is 28.6 Å². The smallest absolute Gasteiger partial charge is 0.0748 e. The molecule has 0 radical (unpaired) electrons. The molecule has 4 saturated carbocycles. The second kappa shape index (κ2) is 8.30. The van der Waals surface area contributed by atoms with E-state index in [9.17, 15) is 10.2 Å². The van der Waals surface area contributed by atoms with Gasteiger partial charge in [0.25, 0.3) is 0 Å². The summed E-state index contributed by atoms with van der Waals surface area (Å²) in [5.41, 5.74) is -0.375. The summed E-state index contributed by atoms with van der Waals surface area (Å²) in [5, 5.41) is 24.6. The summed E-state index contributed by atoms with van der Waals surface area (Å²) in [6.07, 6.45) is 10.5. The Morgan fingerprint density at radius 3 is 2.43 bits per heavy atom. The number of hydrogen-bond acceptors (Lipinski definition) is 5. The molecule has 0 aliphatic heterocycles. The zero-order valence-corrected chi connectivity index (χ0v) is 20.1. The molecule has 4 rings (SSSR count). The number of hydrogen-bond donors (Lipinski definition) is 2. The van der Waals surface area contributed by atoms with E-state index < -0.39 is 5.60 Å². The second-order valence-corrected chi connectivity index (χ2v) is 11.9. The van der Waals surface area contributed by atoms with Crippen LogP contribution in [-0.2, 0) is 4.84 Å². The van der Waals surface area contributed by atoms with Crippen molar-refractivity contribution in [2.75, 3.05) is 34.3 Å². The number of rotatable bonds is 6. The van der Waals surface area contributed by atoms with Crippen LogP contribution >= 0.6 is 0 Å². The van der Waals surface area contributed by atoms with E-state index in [4.69, 9.17) is 4.84 Å². The van der Waals surface area contributed by atoms with Crippen LogP contribution in [0.25, 0.3) is 0 Å². The molecule has 4 aliphatic carbocycles. The minimum absolute atomic E-state index is 0.0954. The molecule has 0 aromatic rings. The van der Waals surface area contributed by atoms with E-state index in [1.165, 1.54) is 12.8 Å². The average Bonchev–Trinajstić information content (AvgIpc) is 2.97. The molecular weight excluding hydrogens is 376 g/mol. The zero-order chi connectivity index (χ0) is 21.7. The molecule has 0 spiro atoms. The molecule has 0 saturated heterocycles. The lowest BCUT2D eigenvalue weighted by atomic mass is 9.43. The molecule has 5 heteroatoms. The largest absolute Gasteiger partial charge is 0.393 e. The van der Waals surface area contributed by atoms with Crippen molar-refractivity contribution in [1.29, 1.82) is 0 Å². The molecule has 0 aromatic heterocycles. The molecule has 0 bridgehead atoms. The minimum atomic E-state index is -0.577. The van der Waals surface area contributed by atoms with Gasteiger partial charge in [0.1, 0.15) is 0 Å². The highest BCUT2D eigenvalue weighted by atomic mass is 16.7. The summed E-state index contributed by atoms with van der Waals surface area (Å²) in [7, 11) is 6.29. The zero-order valence-electron chi connectivity index (χ0n) is 20.1. The number of fused-ring (bicyclic) bond motifs is 5. The predicted octanol–water partition coefficient (Wildman–Crippen LogP) is 3.69. The van der Waals surface area contributed by atoms with Gasteiger partial charge in [0.15, 0.2) is 0 Å². The number of hydroxylamine groups is 2. The molecule has 4 fully saturated rings. The molecule has 0 amide bonds. The number of nitrogens with zero attached hydrogens (tertiary/aromatic N) is 2. The molecule has 2 N–H and O–H groups in total. The van der Waals surface area contributed by atoms with Crippen LogP contribution in [0.2, 0.25) is 0 Å². The number of aliphatic hydroxyl groups excluding tert-OH is 1. The van der Waals surface area contributed by atoms with E-state index in [0.717, 1.165) is 64.5 Å². The maximum absolute atomic E-state index is 12.2. The van der Waals surface area contributed by atoms with Crippen molar-refractivity contribution >= 4 is 0 Å². The first-order valence-corrected chi connectivity index (χ1v) is 12.5. The van der Waals surface area contributed by atoms with E-state index in [-0.39, 0.29) is 11.5 Å². The van der Waals surface area contributed by atoms with Crippen LogP contribution in [0.1, 0.15) is 78.1 Å². The van der Waals surface area contributed by atoms with Gasteiger partial charge in [0.2, 0.25) is 0 Å². The highest BCUT2D eigenvalue weighted by Crippen LogP contribution is 2.68. The first-order valence-electron chi connectivity index (χ1n) is 12.5. The van der Waals surface area contributed by atoms with Crippen LogP contribution in [0.4, 0.5) is 0 Å². The Balaban J connectivity index is 1.48. The maximum Gasteiger partial charge on any atom is 0.0748 e. The average molecular weight is 423 g/mol. The third kappa shape index (κ3) is 3.57. The topological polar surface area (TPSA) is 56.2 Å². The summed E-state index contributed by atoms with van der Waals surface area (Å²) >= 11 is 0. The summed E-state index contributed by atoms with van der Waals surface area (Å²) in [5.74, 6) is 1.64. The Morgan fingerprint density at radius 1 is 0.933 bits per heavy atom. The van der Waals surface area contributed by atoms with Gasteiger partial charge in [-0.3, -0.25) is 4.84 Å². The maximum atomic E-state index is 12.2. The molecule has 30 heavy (non-hydrogen) atoms. The van der Waals surface area contributed by atoms with Crippen molar-refractivity contribution in [2.45, 2.75) is 95.8 Å². The lowest BCUT2D eigenvalue weighted by Crippen LogP contribution is -2.64. The quantitative estimate of drug-likeness (QED) is 0.505. The van der Waals surface area contributed by atoms with Crippen molar-refractivity contribution < 1.29 is 15.1 Å². The van der Waals surface area contributed by atoms with E-state index in [0.29, 0.717) is 29.2 Å².